The van der Waals surface area contributed by atoms with Crippen molar-refractivity contribution in [3.63, 3.8) is 0 Å². The zero-order valence-electron chi connectivity index (χ0n) is 10.7. The minimum absolute atomic E-state index is 0.349. The second-order valence-corrected chi connectivity index (χ2v) is 6.04. The molecule has 0 amide bonds. The monoisotopic (exact) mass is 278 g/mol. The van der Waals surface area contributed by atoms with Gasteiger partial charge in [-0.1, -0.05) is 25.1 Å². The molecule has 2 rings (SSSR count). The van der Waals surface area contributed by atoms with E-state index in [0.29, 0.717) is 6.04 Å². The molecule has 0 saturated carbocycles. The average Bonchev–Trinajstić information content (AvgIpc) is 2.87. The van der Waals surface area contributed by atoms with Gasteiger partial charge in [0.15, 0.2) is 0 Å². The molecule has 0 aliphatic rings. The number of hydrogen-bond donors (Lipinski definition) is 1. The van der Waals surface area contributed by atoms with Crippen molar-refractivity contribution in [1.82, 2.24) is 10.3 Å². The number of thioether (sulfide) groups is 1. The predicted molar refractivity (Wildman–Crippen MR) is 80.2 cm³/mol. The molecule has 1 aromatic carbocycles. The maximum absolute atomic E-state index is 4.68. The first kappa shape index (κ1) is 13.6. The van der Waals surface area contributed by atoms with E-state index in [1.807, 2.05) is 17.8 Å². The van der Waals surface area contributed by atoms with Gasteiger partial charge in [-0.2, -0.15) is 0 Å². The van der Waals surface area contributed by atoms with Crippen LogP contribution in [0, 0.1) is 0 Å². The van der Waals surface area contributed by atoms with Gasteiger partial charge in [0.25, 0.3) is 0 Å². The van der Waals surface area contributed by atoms with Crippen LogP contribution in [0.15, 0.2) is 40.6 Å². The fraction of sp³-hybridized carbons (Fsp3) is 0.357. The lowest BCUT2D eigenvalue weighted by Gasteiger charge is -2.08. The molecular weight excluding hydrogens is 260 g/mol. The summed E-state index contributed by atoms with van der Waals surface area (Å²) in [6.07, 6.45) is 0. The van der Waals surface area contributed by atoms with Gasteiger partial charge in [-0.15, -0.1) is 23.1 Å². The van der Waals surface area contributed by atoms with E-state index in [1.165, 1.54) is 9.90 Å². The van der Waals surface area contributed by atoms with Crippen LogP contribution in [0.3, 0.4) is 0 Å². The third-order valence-electron chi connectivity index (χ3n) is 2.63. The van der Waals surface area contributed by atoms with Crippen LogP contribution >= 0.6 is 23.1 Å². The SMILES string of the molecule is CCNC(C)c1csc(CSc2ccccc2)n1. The highest BCUT2D eigenvalue weighted by Crippen LogP contribution is 2.25. The first-order chi connectivity index (χ1) is 8.79. The molecule has 2 aromatic rings. The Morgan fingerprint density at radius 3 is 2.83 bits per heavy atom. The van der Waals surface area contributed by atoms with Gasteiger partial charge < -0.3 is 5.32 Å². The summed E-state index contributed by atoms with van der Waals surface area (Å²) in [6, 6.07) is 10.8. The fourth-order valence-electron chi connectivity index (χ4n) is 1.66. The van der Waals surface area contributed by atoms with Crippen LogP contribution in [0.2, 0.25) is 0 Å². The molecule has 18 heavy (non-hydrogen) atoms. The Morgan fingerprint density at radius 2 is 2.11 bits per heavy atom. The number of aromatic nitrogens is 1. The Bertz CT molecular complexity index is 468. The number of benzene rings is 1. The summed E-state index contributed by atoms with van der Waals surface area (Å²) in [5, 5.41) is 6.74. The van der Waals surface area contributed by atoms with E-state index in [4.69, 9.17) is 0 Å². The summed E-state index contributed by atoms with van der Waals surface area (Å²) in [5.41, 5.74) is 1.16. The van der Waals surface area contributed by atoms with E-state index in [9.17, 15) is 0 Å². The van der Waals surface area contributed by atoms with Crippen LogP contribution in [0.5, 0.6) is 0 Å². The third kappa shape index (κ3) is 3.83. The van der Waals surface area contributed by atoms with Crippen LogP contribution < -0.4 is 5.32 Å². The Kier molecular flexibility index (Phi) is 5.23. The van der Waals surface area contributed by atoms with Gasteiger partial charge >= 0.3 is 0 Å². The quantitative estimate of drug-likeness (QED) is 0.805. The second kappa shape index (κ2) is 6.92. The van der Waals surface area contributed by atoms with Gasteiger partial charge in [-0.25, -0.2) is 4.98 Å². The van der Waals surface area contributed by atoms with Gasteiger partial charge in [0.1, 0.15) is 5.01 Å². The molecule has 0 fully saturated rings. The minimum Gasteiger partial charge on any atom is -0.309 e. The lowest BCUT2D eigenvalue weighted by Crippen LogP contribution is -2.17. The van der Waals surface area contributed by atoms with E-state index in [-0.39, 0.29) is 0 Å². The van der Waals surface area contributed by atoms with E-state index in [0.717, 1.165) is 18.0 Å². The molecule has 0 bridgehead atoms. The standard InChI is InChI=1S/C14H18N2S2/c1-3-15-11(2)13-9-18-14(16-13)10-17-12-7-5-4-6-8-12/h4-9,11,15H,3,10H2,1-2H3. The number of thiazole rings is 1. The Hall–Kier alpha value is -0.840. The number of hydrogen-bond acceptors (Lipinski definition) is 4. The molecule has 1 N–H and O–H groups in total. The molecule has 0 aliphatic carbocycles. The molecule has 1 aromatic heterocycles. The van der Waals surface area contributed by atoms with Gasteiger partial charge in [0.05, 0.1) is 11.4 Å². The van der Waals surface area contributed by atoms with Gasteiger partial charge in [0, 0.05) is 16.3 Å². The van der Waals surface area contributed by atoms with Crippen molar-refractivity contribution in [3.05, 3.63) is 46.4 Å². The van der Waals surface area contributed by atoms with Gasteiger partial charge in [-0.05, 0) is 25.6 Å². The second-order valence-electron chi connectivity index (χ2n) is 4.05. The smallest absolute Gasteiger partial charge is 0.103 e. The Morgan fingerprint density at radius 1 is 1.33 bits per heavy atom. The molecule has 4 heteroatoms. The highest BCUT2D eigenvalue weighted by atomic mass is 32.2. The summed E-state index contributed by atoms with van der Waals surface area (Å²) < 4.78 is 0. The maximum Gasteiger partial charge on any atom is 0.103 e. The van der Waals surface area contributed by atoms with E-state index >= 15 is 0 Å². The van der Waals surface area contributed by atoms with E-state index in [2.05, 4.69) is 53.8 Å². The molecule has 2 nitrogen and oxygen atoms in total. The van der Waals surface area contributed by atoms with Gasteiger partial charge in [0.2, 0.25) is 0 Å². The highest BCUT2D eigenvalue weighted by molar-refractivity contribution is 7.98. The number of rotatable bonds is 6. The van der Waals surface area contributed by atoms with Crippen LogP contribution in [-0.2, 0) is 5.75 Å². The first-order valence-electron chi connectivity index (χ1n) is 6.15. The summed E-state index contributed by atoms with van der Waals surface area (Å²) in [6.45, 7) is 5.26. The fourth-order valence-corrected chi connectivity index (χ4v) is 3.49. The first-order valence-corrected chi connectivity index (χ1v) is 8.01. The van der Waals surface area contributed by atoms with Crippen LogP contribution in [-0.4, -0.2) is 11.5 Å². The van der Waals surface area contributed by atoms with Crippen molar-refractivity contribution in [2.24, 2.45) is 0 Å². The predicted octanol–water partition coefficient (Wildman–Crippen LogP) is 4.11. The van der Waals surface area contributed by atoms with Crippen molar-refractivity contribution < 1.29 is 0 Å². The summed E-state index contributed by atoms with van der Waals surface area (Å²) >= 11 is 3.59. The zero-order chi connectivity index (χ0) is 12.8. The normalized spacial score (nSPS) is 12.6. The van der Waals surface area contributed by atoms with Crippen LogP contribution in [0.25, 0.3) is 0 Å². The van der Waals surface area contributed by atoms with Crippen LogP contribution in [0.1, 0.15) is 30.6 Å². The van der Waals surface area contributed by atoms with Crippen molar-refractivity contribution in [2.45, 2.75) is 30.5 Å². The zero-order valence-corrected chi connectivity index (χ0v) is 12.4. The van der Waals surface area contributed by atoms with E-state index in [1.54, 1.807) is 11.3 Å². The van der Waals surface area contributed by atoms with Crippen molar-refractivity contribution in [2.75, 3.05) is 6.54 Å². The summed E-state index contributed by atoms with van der Waals surface area (Å²) in [5.74, 6) is 0.952. The summed E-state index contributed by atoms with van der Waals surface area (Å²) in [7, 11) is 0. The van der Waals surface area contributed by atoms with Gasteiger partial charge in [-0.3, -0.25) is 0 Å². The van der Waals surface area contributed by atoms with Crippen LogP contribution in [0.4, 0.5) is 0 Å². The average molecular weight is 278 g/mol. The third-order valence-corrected chi connectivity index (χ3v) is 4.70. The Labute approximate surface area is 117 Å². The van der Waals surface area contributed by atoms with E-state index < -0.39 is 0 Å². The molecule has 0 radical (unpaired) electrons. The Balaban J connectivity index is 1.91. The van der Waals surface area contributed by atoms with Crippen molar-refractivity contribution in [3.8, 4) is 0 Å². The lowest BCUT2D eigenvalue weighted by atomic mass is 10.2. The molecular formula is C14H18N2S2. The molecule has 1 atom stereocenters. The minimum atomic E-state index is 0.349. The van der Waals surface area contributed by atoms with Crippen molar-refractivity contribution >= 4 is 23.1 Å². The molecule has 0 aliphatic heterocycles. The molecule has 0 saturated heterocycles. The molecule has 96 valence electrons. The topological polar surface area (TPSA) is 24.9 Å². The molecule has 0 spiro atoms. The number of nitrogens with one attached hydrogen (secondary N) is 1. The molecule has 1 heterocycles. The maximum atomic E-state index is 4.68. The lowest BCUT2D eigenvalue weighted by molar-refractivity contribution is 0.585. The van der Waals surface area contributed by atoms with Crippen molar-refractivity contribution in [1.29, 1.82) is 0 Å². The largest absolute Gasteiger partial charge is 0.309 e. The number of nitrogens with zero attached hydrogens (tertiary/aromatic N) is 1. The summed E-state index contributed by atoms with van der Waals surface area (Å²) in [4.78, 5) is 5.98. The highest BCUT2D eigenvalue weighted by Gasteiger charge is 2.08. The molecule has 1 unspecified atom stereocenters.